The molecule has 0 amide bonds. The zero-order valence-electron chi connectivity index (χ0n) is 38.1. The van der Waals surface area contributed by atoms with Gasteiger partial charge in [0.2, 0.25) is 0 Å². The predicted molar refractivity (Wildman–Crippen MR) is 257 cm³/mol. The highest BCUT2D eigenvalue weighted by Crippen LogP contribution is 2.46. The molecule has 0 aliphatic heterocycles. The topological polar surface area (TPSA) is 198 Å². The van der Waals surface area contributed by atoms with Crippen LogP contribution >= 0.6 is 0 Å². The van der Waals surface area contributed by atoms with E-state index >= 15 is 0 Å². The van der Waals surface area contributed by atoms with E-state index in [9.17, 15) is 21.0 Å². The number of hydrogen-bond donors (Lipinski definition) is 0. The van der Waals surface area contributed by atoms with Crippen LogP contribution in [0.4, 0.5) is 0 Å². The fourth-order valence-electron chi connectivity index (χ4n) is 10.8. The molecule has 0 fully saturated rings. The normalized spacial score (nSPS) is 12.3. The van der Waals surface area contributed by atoms with Crippen LogP contribution in [0.5, 0.6) is 0 Å². The van der Waals surface area contributed by atoms with Gasteiger partial charge in [-0.1, -0.05) is 94.9 Å². The van der Waals surface area contributed by atoms with Gasteiger partial charge in [-0.25, -0.2) is 39.9 Å². The third-order valence-electron chi connectivity index (χ3n) is 13.6. The van der Waals surface area contributed by atoms with E-state index < -0.39 is 16.1 Å². The molecule has 0 radical (unpaired) electrons. The zero-order valence-corrected chi connectivity index (χ0v) is 40.1. The highest BCUT2D eigenvalue weighted by molar-refractivity contribution is 6.91. The molecule has 4 aromatic carbocycles. The first-order valence-electron chi connectivity index (χ1n) is 21.7. The molecule has 8 aromatic rings. The van der Waals surface area contributed by atoms with Gasteiger partial charge in [0.05, 0.1) is 22.1 Å². The fourth-order valence-corrected chi connectivity index (χ4v) is 21.2. The van der Waals surface area contributed by atoms with Crippen LogP contribution in [0.15, 0.2) is 24.3 Å². The standard InChI is InChI=1S/C50H46N12Si2/c1-25(2)63(26(3)4,27(5)6)15-13-31-17-33-41-34(18-31)44-46(62-50-48(60-44)56-38(22-52)40(24-54)58-50)36-20-32(14-16-64(28(7)8,29(9)10)30(11)12)19-35(42(36)41)45-43(33)59-47-49(61-45)57-39(23-53)37(21-51)55-47/h17-20,25-30H,1-12H3. The van der Waals surface area contributed by atoms with Crippen molar-refractivity contribution >= 4 is 93.1 Å². The highest BCUT2D eigenvalue weighted by Gasteiger charge is 2.43. The van der Waals surface area contributed by atoms with Crippen LogP contribution < -0.4 is 0 Å². The number of aromatic nitrogens is 8. The molecule has 0 unspecified atom stereocenters. The Bertz CT molecular complexity index is 3150. The van der Waals surface area contributed by atoms with Crippen LogP contribution in [0.25, 0.3) is 77.0 Å². The highest BCUT2D eigenvalue weighted by atomic mass is 28.3. The molecule has 0 saturated carbocycles. The van der Waals surface area contributed by atoms with Crippen molar-refractivity contribution in [3.63, 3.8) is 0 Å². The summed E-state index contributed by atoms with van der Waals surface area (Å²) in [5.74, 6) is 7.31. The molecule has 0 atom stereocenters. The first kappa shape index (κ1) is 43.4. The number of benzene rings is 4. The molecule has 4 aromatic heterocycles. The van der Waals surface area contributed by atoms with E-state index in [1.54, 1.807) is 0 Å². The van der Waals surface area contributed by atoms with E-state index in [2.05, 4.69) is 126 Å². The third-order valence-corrected chi connectivity index (χ3v) is 26.2. The summed E-state index contributed by atoms with van der Waals surface area (Å²) >= 11 is 0. The largest absolute Gasteiger partial charge is 0.223 e. The molecule has 0 N–H and O–H groups in total. The molecular formula is C50H46N12Si2. The molecule has 12 nitrogen and oxygen atoms in total. The summed E-state index contributed by atoms with van der Waals surface area (Å²) < 4.78 is 0. The fraction of sp³-hybridized carbons (Fsp3) is 0.360. The summed E-state index contributed by atoms with van der Waals surface area (Å²) in [4.78, 5) is 38.4. The zero-order chi connectivity index (χ0) is 46.2. The van der Waals surface area contributed by atoms with Gasteiger partial charge in [0, 0.05) is 43.4 Å². The quantitative estimate of drug-likeness (QED) is 0.0664. The Morgan fingerprint density at radius 1 is 0.359 bits per heavy atom. The van der Waals surface area contributed by atoms with Gasteiger partial charge in [-0.2, -0.15) is 21.0 Å². The summed E-state index contributed by atoms with van der Waals surface area (Å²) in [5, 5.41) is 44.3. The van der Waals surface area contributed by atoms with Crippen LogP contribution in [-0.4, -0.2) is 56.0 Å². The molecule has 0 spiro atoms. The van der Waals surface area contributed by atoms with Crippen LogP contribution in [0.3, 0.4) is 0 Å². The van der Waals surface area contributed by atoms with Crippen molar-refractivity contribution in [2.45, 2.75) is 116 Å². The van der Waals surface area contributed by atoms with Crippen LogP contribution in [0, 0.1) is 68.3 Å². The Labute approximate surface area is 374 Å². The smallest absolute Gasteiger partial charge is 0.199 e. The second kappa shape index (κ2) is 15.9. The maximum absolute atomic E-state index is 9.93. The third kappa shape index (κ3) is 6.45. The molecule has 314 valence electrons. The number of nitriles is 4. The number of hydrogen-bond acceptors (Lipinski definition) is 12. The van der Waals surface area contributed by atoms with Crippen LogP contribution in [0.1, 0.15) is 117 Å². The average molecular weight is 871 g/mol. The first-order valence-corrected chi connectivity index (χ1v) is 26.2. The SMILES string of the molecule is CC(C)[Si](C#Cc1cc2c3nc4nc(C#N)c(C#N)nc4nc3c3cc(C#C[Si](C(C)C)(C(C)C)C(C)C)cc4c5nc6nc(C#N)c(C#N)nc6nc5c(c1)c2c34)(C(C)C)C(C)C. The Balaban J connectivity index is 1.64. The van der Waals surface area contributed by atoms with E-state index in [4.69, 9.17) is 19.9 Å². The van der Waals surface area contributed by atoms with Crippen molar-refractivity contribution in [1.29, 1.82) is 21.0 Å². The van der Waals surface area contributed by atoms with E-state index in [-0.39, 0.29) is 45.4 Å². The molecule has 14 heteroatoms. The van der Waals surface area contributed by atoms with Crippen LogP contribution in [0.2, 0.25) is 33.2 Å². The molecule has 0 aliphatic rings. The summed E-state index contributed by atoms with van der Waals surface area (Å²) in [5.41, 5.74) is 13.6. The van der Waals surface area contributed by atoms with Crippen LogP contribution in [-0.2, 0) is 0 Å². The maximum atomic E-state index is 9.93. The Hall–Kier alpha value is -7.21. The number of rotatable bonds is 6. The molecular weight excluding hydrogens is 825 g/mol. The van der Waals surface area contributed by atoms with Crippen molar-refractivity contribution in [3.05, 3.63) is 58.2 Å². The lowest BCUT2D eigenvalue weighted by molar-refractivity contribution is 0.838. The second-order valence-corrected chi connectivity index (χ2v) is 29.8. The minimum Gasteiger partial charge on any atom is -0.223 e. The van der Waals surface area contributed by atoms with E-state index in [0.717, 1.165) is 43.4 Å². The summed E-state index contributed by atoms with van der Waals surface area (Å²) in [6, 6.07) is 16.2. The van der Waals surface area contributed by atoms with Crippen molar-refractivity contribution in [2.75, 3.05) is 0 Å². The lowest BCUT2D eigenvalue weighted by Gasteiger charge is -2.38. The number of nitrogens with zero attached hydrogens (tertiary/aromatic N) is 12. The maximum Gasteiger partial charge on any atom is 0.199 e. The van der Waals surface area contributed by atoms with Crippen molar-refractivity contribution in [1.82, 2.24) is 39.9 Å². The van der Waals surface area contributed by atoms with Gasteiger partial charge in [0.25, 0.3) is 0 Å². The molecule has 0 bridgehead atoms. The lowest BCUT2D eigenvalue weighted by Crippen LogP contribution is -2.43. The summed E-state index contributed by atoms with van der Waals surface area (Å²) in [6.07, 6.45) is 0. The van der Waals surface area contributed by atoms with E-state index in [1.807, 2.05) is 48.5 Å². The van der Waals surface area contributed by atoms with Crippen molar-refractivity contribution in [2.24, 2.45) is 0 Å². The van der Waals surface area contributed by atoms with Gasteiger partial charge in [0.1, 0.15) is 40.4 Å². The average Bonchev–Trinajstić information content (AvgIpc) is 3.26. The Morgan fingerprint density at radius 2 is 0.578 bits per heavy atom. The molecule has 0 aliphatic carbocycles. The van der Waals surface area contributed by atoms with E-state index in [1.165, 1.54) is 0 Å². The van der Waals surface area contributed by atoms with Gasteiger partial charge < -0.3 is 0 Å². The minimum absolute atomic E-state index is 0.126. The monoisotopic (exact) mass is 870 g/mol. The van der Waals surface area contributed by atoms with Gasteiger partial charge in [0.15, 0.2) is 45.4 Å². The van der Waals surface area contributed by atoms with Crippen molar-refractivity contribution < 1.29 is 0 Å². The summed E-state index contributed by atoms with van der Waals surface area (Å²) in [6.45, 7) is 27.4. The lowest BCUT2D eigenvalue weighted by atomic mass is 9.89. The van der Waals surface area contributed by atoms with Gasteiger partial charge >= 0.3 is 0 Å². The molecule has 64 heavy (non-hydrogen) atoms. The summed E-state index contributed by atoms with van der Waals surface area (Å²) in [7, 11) is -4.40. The molecule has 0 saturated heterocycles. The first-order chi connectivity index (χ1) is 30.4. The molecule has 4 heterocycles. The second-order valence-electron chi connectivity index (χ2n) is 18.6. The predicted octanol–water partition coefficient (Wildman–Crippen LogP) is 11.0. The van der Waals surface area contributed by atoms with Gasteiger partial charge in [-0.3, -0.25) is 0 Å². The van der Waals surface area contributed by atoms with Gasteiger partial charge in [-0.15, -0.1) is 11.1 Å². The number of fused-ring (bicyclic) bond motifs is 8. The minimum atomic E-state index is -2.20. The van der Waals surface area contributed by atoms with Crippen molar-refractivity contribution in [3.8, 4) is 47.2 Å². The Kier molecular flexibility index (Phi) is 10.8. The van der Waals surface area contributed by atoms with Gasteiger partial charge in [-0.05, 0) is 57.5 Å². The Morgan fingerprint density at radius 3 is 0.766 bits per heavy atom. The van der Waals surface area contributed by atoms with E-state index in [0.29, 0.717) is 55.3 Å². The molecule has 8 rings (SSSR count).